The van der Waals surface area contributed by atoms with Gasteiger partial charge in [-0.15, -0.1) is 0 Å². The Hall–Kier alpha value is -2.10. The van der Waals surface area contributed by atoms with E-state index in [0.717, 1.165) is 29.8 Å². The second kappa shape index (κ2) is 7.30. The predicted molar refractivity (Wildman–Crippen MR) is 124 cm³/mol. The van der Waals surface area contributed by atoms with Gasteiger partial charge < -0.3 is 4.90 Å². The molecule has 0 amide bonds. The van der Waals surface area contributed by atoms with Crippen LogP contribution in [0.4, 0.5) is 5.69 Å². The lowest BCUT2D eigenvalue weighted by Gasteiger charge is -2.27. The van der Waals surface area contributed by atoms with Gasteiger partial charge in [-0.3, -0.25) is 4.79 Å². The molecule has 0 spiro atoms. The SMILES string of the molecule is C[N+]1(O)C[C@H]2CCN(c3ccc(C4=CC=C(n5ncccc5=O)I=C4)cc3)[C@H]2C1. The third-order valence-electron chi connectivity index (χ3n) is 6.03. The van der Waals surface area contributed by atoms with Crippen molar-refractivity contribution in [1.82, 2.24) is 9.78 Å². The minimum absolute atomic E-state index is 0.0820. The predicted octanol–water partition coefficient (Wildman–Crippen LogP) is 2.96. The first-order valence-electron chi connectivity index (χ1n) is 9.88. The van der Waals surface area contributed by atoms with Gasteiger partial charge in [0.2, 0.25) is 0 Å². The van der Waals surface area contributed by atoms with Gasteiger partial charge in [-0.2, -0.15) is 14.4 Å². The molecule has 7 heteroatoms. The number of allylic oxidation sites excluding steroid dienone is 3. The second-order valence-electron chi connectivity index (χ2n) is 8.16. The van der Waals surface area contributed by atoms with Crippen molar-refractivity contribution in [3.63, 3.8) is 0 Å². The Balaban J connectivity index is 1.35. The van der Waals surface area contributed by atoms with Crippen molar-refractivity contribution >= 4 is 39.7 Å². The molecule has 1 N–H and O–H groups in total. The highest BCUT2D eigenvalue weighted by molar-refractivity contribution is 14.2. The number of hydrogen-bond acceptors (Lipinski definition) is 4. The number of quaternary nitrogens is 1. The van der Waals surface area contributed by atoms with Crippen LogP contribution >= 0.6 is 20.7 Å². The smallest absolute Gasteiger partial charge is 0.271 e. The third kappa shape index (κ3) is 3.62. The van der Waals surface area contributed by atoms with E-state index in [2.05, 4.69) is 44.4 Å². The van der Waals surface area contributed by atoms with Gasteiger partial charge in [0.15, 0.2) is 0 Å². The average molecular weight is 503 g/mol. The molecule has 3 aliphatic heterocycles. The minimum Gasteiger partial charge on any atom is -0.362 e. The molecule has 3 atom stereocenters. The van der Waals surface area contributed by atoms with E-state index >= 15 is 0 Å². The van der Waals surface area contributed by atoms with E-state index < -0.39 is 20.7 Å². The summed E-state index contributed by atoms with van der Waals surface area (Å²) in [5.74, 6) is 0.586. The quantitative estimate of drug-likeness (QED) is 0.517. The van der Waals surface area contributed by atoms with Crippen LogP contribution in [0.25, 0.3) is 9.28 Å². The van der Waals surface area contributed by atoms with Crippen LogP contribution in [0.5, 0.6) is 0 Å². The number of anilines is 1. The van der Waals surface area contributed by atoms with E-state index in [1.807, 2.05) is 13.1 Å². The molecule has 4 heterocycles. The maximum atomic E-state index is 12.0. The highest BCUT2D eigenvalue weighted by Crippen LogP contribution is 2.37. The Kier molecular flexibility index (Phi) is 4.76. The summed E-state index contributed by atoms with van der Waals surface area (Å²) < 4.78 is 4.88. The summed E-state index contributed by atoms with van der Waals surface area (Å²) in [6, 6.07) is 12.4. The number of hydrogen-bond donors (Lipinski definition) is 1. The molecule has 2 aromatic rings. The molecule has 0 aliphatic carbocycles. The number of halogens is 1. The fourth-order valence-corrected chi connectivity index (χ4v) is 6.90. The first-order chi connectivity index (χ1) is 14.0. The molecule has 1 aromatic heterocycles. The summed E-state index contributed by atoms with van der Waals surface area (Å²) in [6.07, 6.45) is 6.90. The van der Waals surface area contributed by atoms with E-state index in [9.17, 15) is 10.0 Å². The summed E-state index contributed by atoms with van der Waals surface area (Å²) >= 11 is -0.421. The topological polar surface area (TPSA) is 58.4 Å². The van der Waals surface area contributed by atoms with Crippen LogP contribution in [0.2, 0.25) is 0 Å². The maximum absolute atomic E-state index is 12.0. The lowest BCUT2D eigenvalue weighted by atomic mass is 10.0. The van der Waals surface area contributed by atoms with Crippen molar-refractivity contribution in [2.45, 2.75) is 12.5 Å². The first-order valence-corrected chi connectivity index (χ1v) is 12.2. The zero-order valence-electron chi connectivity index (χ0n) is 16.3. The molecule has 6 nitrogen and oxygen atoms in total. The highest BCUT2D eigenvalue weighted by Gasteiger charge is 2.49. The molecule has 3 aliphatic rings. The number of fused-ring (bicyclic) bond motifs is 1. The average Bonchev–Trinajstić information content (AvgIpc) is 3.24. The minimum atomic E-state index is -0.421. The number of likely N-dealkylation sites (N-methyl/N-ethyl adjacent to an activating group) is 1. The highest BCUT2D eigenvalue weighted by atomic mass is 127. The summed E-state index contributed by atoms with van der Waals surface area (Å²) in [5, 5.41) is 14.6. The van der Waals surface area contributed by atoms with Gasteiger partial charge in [-0.05, 0) is 45.8 Å². The number of rotatable bonds is 3. The van der Waals surface area contributed by atoms with Gasteiger partial charge in [0.1, 0.15) is 16.8 Å². The number of aromatic nitrogens is 2. The van der Waals surface area contributed by atoms with Crippen molar-refractivity contribution in [2.75, 3.05) is 31.6 Å². The molecular formula is C22H24IN4O2+. The normalized spacial score (nSPS) is 28.6. The molecular weight excluding hydrogens is 479 g/mol. The van der Waals surface area contributed by atoms with Crippen LogP contribution in [-0.4, -0.2) is 56.4 Å². The molecule has 1 aromatic carbocycles. The largest absolute Gasteiger partial charge is 0.362 e. The number of likely N-dealkylation sites (tertiary alicyclic amines) is 1. The fourth-order valence-electron chi connectivity index (χ4n) is 4.67. The van der Waals surface area contributed by atoms with E-state index in [0.29, 0.717) is 12.0 Å². The Morgan fingerprint density at radius 1 is 1.17 bits per heavy atom. The van der Waals surface area contributed by atoms with Crippen LogP contribution in [0, 0.1) is 5.92 Å². The van der Waals surface area contributed by atoms with Crippen molar-refractivity contribution in [2.24, 2.45) is 5.92 Å². The van der Waals surface area contributed by atoms with Gasteiger partial charge >= 0.3 is 0 Å². The van der Waals surface area contributed by atoms with Crippen molar-refractivity contribution in [3.8, 4) is 0 Å². The number of hydroxylamine groups is 3. The molecule has 0 saturated carbocycles. The second-order valence-corrected chi connectivity index (χ2v) is 10.5. The van der Waals surface area contributed by atoms with Crippen LogP contribution in [-0.2, 0) is 0 Å². The first kappa shape index (κ1) is 18.9. The fraction of sp³-hybridized carbons (Fsp3) is 0.318. The standard InChI is InChI=1S/C22H24IN4O2/c1-27(29)14-18-10-12-25(20(18)15-27)19-7-4-16(5-8-19)17-6-9-21(23-13-17)26-22(28)3-2-11-24-26/h2-9,11,13,18,20,29H,10,12,14-15H2,1H3/q+1/t18-,20+,27?/m1/s1. The number of nitrogens with zero attached hydrogens (tertiary/aromatic N) is 4. The molecule has 150 valence electrons. The molecule has 0 radical (unpaired) electrons. The number of benzene rings is 1. The van der Waals surface area contributed by atoms with Gasteiger partial charge in [0, 0.05) is 30.4 Å². The lowest BCUT2D eigenvalue weighted by molar-refractivity contribution is -1.08. The molecule has 29 heavy (non-hydrogen) atoms. The maximum Gasteiger partial charge on any atom is 0.271 e. The Morgan fingerprint density at radius 3 is 2.72 bits per heavy atom. The summed E-state index contributed by atoms with van der Waals surface area (Å²) in [6.45, 7) is 2.73. The van der Waals surface area contributed by atoms with Gasteiger partial charge in [0.25, 0.3) is 5.56 Å². The van der Waals surface area contributed by atoms with Crippen LogP contribution < -0.4 is 10.5 Å². The van der Waals surface area contributed by atoms with Gasteiger partial charge in [-0.25, -0.2) is 5.21 Å². The van der Waals surface area contributed by atoms with Gasteiger partial charge in [0.05, 0.1) is 13.1 Å². The summed E-state index contributed by atoms with van der Waals surface area (Å²) in [5.41, 5.74) is 3.56. The zero-order chi connectivity index (χ0) is 20.0. The Morgan fingerprint density at radius 2 is 2.00 bits per heavy atom. The van der Waals surface area contributed by atoms with Crippen LogP contribution in [0.3, 0.4) is 0 Å². The molecule has 1 unspecified atom stereocenters. The van der Waals surface area contributed by atoms with Crippen LogP contribution in [0.15, 0.2) is 59.5 Å². The Bertz CT molecular complexity index is 1080. The summed E-state index contributed by atoms with van der Waals surface area (Å²) in [7, 11) is 1.91. The van der Waals surface area contributed by atoms with Crippen LogP contribution in [0.1, 0.15) is 12.0 Å². The molecule has 0 bridgehead atoms. The van der Waals surface area contributed by atoms with Crippen molar-refractivity contribution < 1.29 is 9.85 Å². The zero-order valence-corrected chi connectivity index (χ0v) is 18.4. The van der Waals surface area contributed by atoms with Crippen molar-refractivity contribution in [1.29, 1.82) is 0 Å². The van der Waals surface area contributed by atoms with E-state index in [4.69, 9.17) is 0 Å². The molecule has 2 fully saturated rings. The van der Waals surface area contributed by atoms with E-state index in [1.165, 1.54) is 21.5 Å². The van der Waals surface area contributed by atoms with E-state index in [-0.39, 0.29) is 10.2 Å². The lowest BCUT2D eigenvalue weighted by Crippen LogP contribution is -2.42. The monoisotopic (exact) mass is 503 g/mol. The molecule has 5 rings (SSSR count). The summed E-state index contributed by atoms with van der Waals surface area (Å²) in [4.78, 5) is 14.4. The third-order valence-corrected chi connectivity index (χ3v) is 8.47. The van der Waals surface area contributed by atoms with E-state index in [1.54, 1.807) is 18.3 Å². The Labute approximate surface area is 179 Å². The molecule has 2 saturated heterocycles. The van der Waals surface area contributed by atoms with Gasteiger partial charge in [-0.1, -0.05) is 38.9 Å². The van der Waals surface area contributed by atoms with Crippen molar-refractivity contribution in [3.05, 3.63) is 70.7 Å².